The molecule has 0 aliphatic rings. The zero-order chi connectivity index (χ0) is 16.4. The summed E-state index contributed by atoms with van der Waals surface area (Å²) in [4.78, 5) is 25.7. The summed E-state index contributed by atoms with van der Waals surface area (Å²) in [5.74, 6) is 1.52. The van der Waals surface area contributed by atoms with Crippen LogP contribution >= 0.6 is 11.8 Å². The molecule has 0 saturated heterocycles. The van der Waals surface area contributed by atoms with Gasteiger partial charge in [-0.3, -0.25) is 9.59 Å². The molecule has 5 heteroatoms. The van der Waals surface area contributed by atoms with E-state index in [-0.39, 0.29) is 11.8 Å². The molecule has 0 radical (unpaired) electrons. The SMILES string of the molecule is CCCCSCC(=O)Nc1ccc(C(=O)N(CC)CC)cc1. The summed E-state index contributed by atoms with van der Waals surface area (Å²) in [5.41, 5.74) is 1.39. The fraction of sp³-hybridized carbons (Fsp3) is 0.529. The molecule has 1 aromatic carbocycles. The van der Waals surface area contributed by atoms with Crippen molar-refractivity contribution in [2.45, 2.75) is 33.6 Å². The van der Waals surface area contributed by atoms with E-state index in [1.54, 1.807) is 40.9 Å². The van der Waals surface area contributed by atoms with Crippen LogP contribution in [-0.4, -0.2) is 41.3 Å². The number of carbonyl (C=O) groups excluding carboxylic acids is 2. The highest BCUT2D eigenvalue weighted by Gasteiger charge is 2.12. The molecule has 0 atom stereocenters. The number of hydrogen-bond donors (Lipinski definition) is 1. The summed E-state index contributed by atoms with van der Waals surface area (Å²) in [6.07, 6.45) is 2.29. The second-order valence-corrected chi connectivity index (χ2v) is 6.11. The number of rotatable bonds is 9. The minimum Gasteiger partial charge on any atom is -0.339 e. The van der Waals surface area contributed by atoms with E-state index in [1.165, 1.54) is 0 Å². The largest absolute Gasteiger partial charge is 0.339 e. The van der Waals surface area contributed by atoms with Crippen molar-refractivity contribution in [3.8, 4) is 0 Å². The van der Waals surface area contributed by atoms with Crippen molar-refractivity contribution in [3.05, 3.63) is 29.8 Å². The van der Waals surface area contributed by atoms with Gasteiger partial charge in [-0.1, -0.05) is 13.3 Å². The van der Waals surface area contributed by atoms with Crippen molar-refractivity contribution in [1.82, 2.24) is 4.90 Å². The first kappa shape index (κ1) is 18.6. The highest BCUT2D eigenvalue weighted by molar-refractivity contribution is 7.99. The quantitative estimate of drug-likeness (QED) is 0.706. The minimum absolute atomic E-state index is 0.00363. The maximum atomic E-state index is 12.2. The van der Waals surface area contributed by atoms with Crippen LogP contribution in [0.1, 0.15) is 44.0 Å². The van der Waals surface area contributed by atoms with Gasteiger partial charge in [-0.25, -0.2) is 0 Å². The predicted octanol–water partition coefficient (Wildman–Crippen LogP) is 3.64. The standard InChI is InChI=1S/C17H26N2O2S/c1-4-7-12-22-13-16(20)18-15-10-8-14(9-11-15)17(21)19(5-2)6-3/h8-11H,4-7,12-13H2,1-3H3,(H,18,20). The molecule has 2 amide bonds. The Labute approximate surface area is 137 Å². The van der Waals surface area contributed by atoms with Gasteiger partial charge in [0.1, 0.15) is 0 Å². The average Bonchev–Trinajstić information content (AvgIpc) is 2.53. The summed E-state index contributed by atoms with van der Waals surface area (Å²) in [6, 6.07) is 7.09. The van der Waals surface area contributed by atoms with Crippen LogP contribution < -0.4 is 5.32 Å². The number of anilines is 1. The Morgan fingerprint density at radius 2 is 1.73 bits per heavy atom. The van der Waals surface area contributed by atoms with E-state index < -0.39 is 0 Å². The first-order chi connectivity index (χ1) is 10.6. The van der Waals surface area contributed by atoms with Crippen molar-refractivity contribution >= 4 is 29.3 Å². The van der Waals surface area contributed by atoms with Crippen LogP contribution in [-0.2, 0) is 4.79 Å². The third-order valence-electron chi connectivity index (χ3n) is 3.34. The Balaban J connectivity index is 2.51. The number of unbranched alkanes of at least 4 members (excludes halogenated alkanes) is 1. The molecule has 0 bridgehead atoms. The van der Waals surface area contributed by atoms with Gasteiger partial charge in [0.15, 0.2) is 0 Å². The number of carbonyl (C=O) groups is 2. The van der Waals surface area contributed by atoms with Crippen LogP contribution in [0.5, 0.6) is 0 Å². The van der Waals surface area contributed by atoms with E-state index in [0.717, 1.165) is 24.3 Å². The first-order valence-corrected chi connectivity index (χ1v) is 9.04. The molecule has 0 unspecified atom stereocenters. The lowest BCUT2D eigenvalue weighted by atomic mass is 10.2. The number of hydrogen-bond acceptors (Lipinski definition) is 3. The molecule has 0 spiro atoms. The molecule has 0 aliphatic heterocycles. The van der Waals surface area contributed by atoms with E-state index in [2.05, 4.69) is 12.2 Å². The molecule has 22 heavy (non-hydrogen) atoms. The van der Waals surface area contributed by atoms with Crippen LogP contribution in [0, 0.1) is 0 Å². The summed E-state index contributed by atoms with van der Waals surface area (Å²) in [7, 11) is 0. The van der Waals surface area contributed by atoms with Gasteiger partial charge in [0, 0.05) is 24.3 Å². The van der Waals surface area contributed by atoms with Gasteiger partial charge in [-0.2, -0.15) is 11.8 Å². The minimum atomic E-state index is 0.00363. The monoisotopic (exact) mass is 322 g/mol. The van der Waals surface area contributed by atoms with Crippen LogP contribution in [0.4, 0.5) is 5.69 Å². The Kier molecular flexibility index (Phi) is 8.67. The Morgan fingerprint density at radius 1 is 1.09 bits per heavy atom. The molecule has 1 rings (SSSR count). The highest BCUT2D eigenvalue weighted by Crippen LogP contribution is 2.13. The first-order valence-electron chi connectivity index (χ1n) is 7.89. The van der Waals surface area contributed by atoms with Gasteiger partial charge in [-0.05, 0) is 50.3 Å². The maximum Gasteiger partial charge on any atom is 0.253 e. The van der Waals surface area contributed by atoms with Crippen LogP contribution in [0.15, 0.2) is 24.3 Å². The Morgan fingerprint density at radius 3 is 2.27 bits per heavy atom. The number of nitrogens with one attached hydrogen (secondary N) is 1. The summed E-state index contributed by atoms with van der Waals surface area (Å²) in [6.45, 7) is 7.46. The fourth-order valence-electron chi connectivity index (χ4n) is 2.00. The van der Waals surface area contributed by atoms with Gasteiger partial charge in [0.05, 0.1) is 5.75 Å². The maximum absolute atomic E-state index is 12.2. The number of thioether (sulfide) groups is 1. The second kappa shape index (κ2) is 10.3. The highest BCUT2D eigenvalue weighted by atomic mass is 32.2. The molecule has 1 N–H and O–H groups in total. The molecule has 0 aromatic heterocycles. The molecular weight excluding hydrogens is 296 g/mol. The topological polar surface area (TPSA) is 49.4 Å². The Bertz CT molecular complexity index is 470. The number of benzene rings is 1. The summed E-state index contributed by atoms with van der Waals surface area (Å²) in [5, 5.41) is 2.86. The van der Waals surface area contributed by atoms with E-state index in [1.807, 2.05) is 13.8 Å². The number of nitrogens with zero attached hydrogens (tertiary/aromatic N) is 1. The van der Waals surface area contributed by atoms with Crippen LogP contribution in [0.25, 0.3) is 0 Å². The van der Waals surface area contributed by atoms with Crippen molar-refractivity contribution in [3.63, 3.8) is 0 Å². The van der Waals surface area contributed by atoms with E-state index >= 15 is 0 Å². The van der Waals surface area contributed by atoms with Gasteiger partial charge in [-0.15, -0.1) is 0 Å². The van der Waals surface area contributed by atoms with E-state index in [0.29, 0.717) is 24.4 Å². The zero-order valence-corrected chi connectivity index (χ0v) is 14.5. The Hall–Kier alpha value is -1.49. The molecule has 4 nitrogen and oxygen atoms in total. The van der Waals surface area contributed by atoms with E-state index in [4.69, 9.17) is 0 Å². The normalized spacial score (nSPS) is 10.3. The lowest BCUT2D eigenvalue weighted by molar-refractivity contribution is -0.113. The summed E-state index contributed by atoms with van der Waals surface area (Å²) >= 11 is 1.65. The zero-order valence-electron chi connectivity index (χ0n) is 13.7. The third-order valence-corrected chi connectivity index (χ3v) is 4.39. The van der Waals surface area contributed by atoms with Gasteiger partial charge < -0.3 is 10.2 Å². The third kappa shape index (κ3) is 6.10. The molecule has 0 saturated carbocycles. The van der Waals surface area contributed by atoms with Gasteiger partial charge in [0.25, 0.3) is 5.91 Å². The van der Waals surface area contributed by atoms with Crippen molar-refractivity contribution < 1.29 is 9.59 Å². The van der Waals surface area contributed by atoms with Crippen molar-refractivity contribution in [1.29, 1.82) is 0 Å². The van der Waals surface area contributed by atoms with Gasteiger partial charge in [0.2, 0.25) is 5.91 Å². The van der Waals surface area contributed by atoms with Crippen LogP contribution in [0.3, 0.4) is 0 Å². The second-order valence-electron chi connectivity index (χ2n) is 5.01. The molecular formula is C17H26N2O2S. The van der Waals surface area contributed by atoms with Gasteiger partial charge >= 0.3 is 0 Å². The molecule has 1 aromatic rings. The summed E-state index contributed by atoms with van der Waals surface area (Å²) < 4.78 is 0. The molecule has 122 valence electrons. The predicted molar refractivity (Wildman–Crippen MR) is 94.6 cm³/mol. The number of amides is 2. The lowest BCUT2D eigenvalue weighted by Crippen LogP contribution is -2.30. The average molecular weight is 322 g/mol. The molecule has 0 aliphatic carbocycles. The van der Waals surface area contributed by atoms with Crippen molar-refractivity contribution in [2.75, 3.05) is 29.9 Å². The van der Waals surface area contributed by atoms with Crippen LogP contribution in [0.2, 0.25) is 0 Å². The van der Waals surface area contributed by atoms with E-state index in [9.17, 15) is 9.59 Å². The molecule has 0 heterocycles. The van der Waals surface area contributed by atoms with Crippen molar-refractivity contribution in [2.24, 2.45) is 0 Å². The lowest BCUT2D eigenvalue weighted by Gasteiger charge is -2.18. The smallest absolute Gasteiger partial charge is 0.253 e. The molecule has 0 fully saturated rings. The fourth-order valence-corrected chi connectivity index (χ4v) is 2.89.